The van der Waals surface area contributed by atoms with Crippen LogP contribution in [0.1, 0.15) is 97.4 Å². The molecule has 1 fully saturated rings. The van der Waals surface area contributed by atoms with Crippen LogP contribution in [0.4, 0.5) is 4.79 Å². The normalized spacial score (nSPS) is 15.0. The highest BCUT2D eigenvalue weighted by atomic mass is 31.1. The Labute approximate surface area is 513 Å². The molecule has 1 aliphatic heterocycles. The minimum absolute atomic E-state index is 0.106. The molecule has 87 heavy (non-hydrogen) atoms. The predicted octanol–water partition coefficient (Wildman–Crippen LogP) is 8.29. The highest BCUT2D eigenvalue weighted by molar-refractivity contribution is 7.52. The monoisotopic (exact) mass is 1240 g/mol. The van der Waals surface area contributed by atoms with Crippen molar-refractivity contribution in [1.82, 2.24) is 35.0 Å². The maximum Gasteiger partial charge on any atom is 0.407 e. The van der Waals surface area contributed by atoms with Crippen molar-refractivity contribution in [1.29, 1.82) is 0 Å². The van der Waals surface area contributed by atoms with Crippen molar-refractivity contribution in [2.24, 2.45) is 0 Å². The first-order valence-corrected chi connectivity index (χ1v) is 34.0. The molecule has 6 aromatic rings. The molecule has 0 bridgehead atoms. The molecular formula is C66H78N7O11P3. The number of benzene rings is 3. The van der Waals surface area contributed by atoms with E-state index in [1.165, 1.54) is 7.11 Å². The van der Waals surface area contributed by atoms with E-state index in [-0.39, 0.29) is 19.3 Å². The molecule has 1 N–H and O–H groups in total. The molecule has 3 aromatic heterocycles. The van der Waals surface area contributed by atoms with Crippen LogP contribution in [-0.2, 0) is 52.1 Å². The van der Waals surface area contributed by atoms with Gasteiger partial charge in [-0.05, 0) is 163 Å². The minimum Gasteiger partial charge on any atom is -0.497 e. The third-order valence-corrected chi connectivity index (χ3v) is 16.9. The summed E-state index contributed by atoms with van der Waals surface area (Å²) in [4.78, 5) is 46.5. The summed E-state index contributed by atoms with van der Waals surface area (Å²) in [6.45, 7) is 15.2. The van der Waals surface area contributed by atoms with Gasteiger partial charge in [0.05, 0.1) is 55.9 Å². The third-order valence-electron chi connectivity index (χ3n) is 13.7. The Morgan fingerprint density at radius 1 is 0.586 bits per heavy atom. The number of carbonyl (C=O) groups is 2. The van der Waals surface area contributed by atoms with Crippen LogP contribution in [0.5, 0.6) is 17.2 Å². The van der Waals surface area contributed by atoms with Crippen LogP contribution in [0.25, 0.3) is 0 Å². The van der Waals surface area contributed by atoms with E-state index in [0.29, 0.717) is 127 Å². The molecular weight excluding hydrogens is 1160 g/mol. The number of methoxy groups -OCH3 is 3. The predicted molar refractivity (Wildman–Crippen MR) is 343 cm³/mol. The number of pyridine rings is 3. The van der Waals surface area contributed by atoms with Gasteiger partial charge in [0.25, 0.3) is 0 Å². The van der Waals surface area contributed by atoms with Crippen molar-refractivity contribution in [2.75, 3.05) is 87.1 Å². The molecule has 1 amide bonds. The lowest BCUT2D eigenvalue weighted by molar-refractivity contribution is -0.142. The summed E-state index contributed by atoms with van der Waals surface area (Å²) in [6.07, 6.45) is 1.66. The zero-order chi connectivity index (χ0) is 62.3. The van der Waals surface area contributed by atoms with Crippen molar-refractivity contribution in [3.05, 3.63) is 160 Å². The Morgan fingerprint density at radius 3 is 1.52 bits per heavy atom. The standard InChI is InChI=1S/C66H78N7O11P3/c1-10-83-87(78)63-42-53(19-16-50-24-30-60(31-25-50)82-47-64(74)81-7)39-56(70-63)45-73-36-35-71(43-54-37-51(40-61(68-54)85(8)76)17-14-48-20-26-58(79-5)27-21-48)33-34-72(46-57(73)13-11-12-32-67-65(75)84-66(2,3)4)44-55-38-52(41-62(69-55)86(9)77)18-15-49-22-28-59(80-6)29-23-49/h20-31,37-42,57,85-87H,10-13,32-36,43-47H2,1-9H3,(H,67,75)/t57-/m0/s1. The molecule has 0 spiro atoms. The van der Waals surface area contributed by atoms with Crippen LogP contribution >= 0.6 is 23.6 Å². The van der Waals surface area contributed by atoms with Gasteiger partial charge in [-0.15, -0.1) is 0 Å². The number of aromatic nitrogens is 3. The maximum absolute atomic E-state index is 13.8. The number of hydrogen-bond acceptors (Lipinski definition) is 17. The smallest absolute Gasteiger partial charge is 0.407 e. The van der Waals surface area contributed by atoms with Crippen LogP contribution < -0.4 is 35.8 Å². The fourth-order valence-corrected chi connectivity index (χ4v) is 11.6. The zero-order valence-corrected chi connectivity index (χ0v) is 54.0. The van der Waals surface area contributed by atoms with E-state index in [4.69, 9.17) is 43.2 Å². The topological polar surface area (TPSA) is 201 Å². The summed E-state index contributed by atoms with van der Waals surface area (Å²) >= 11 is 0. The van der Waals surface area contributed by atoms with E-state index < -0.39 is 41.3 Å². The molecule has 1 saturated heterocycles. The van der Waals surface area contributed by atoms with Crippen molar-refractivity contribution in [3.8, 4) is 52.8 Å². The largest absolute Gasteiger partial charge is 0.497 e. The van der Waals surface area contributed by atoms with Gasteiger partial charge in [-0.3, -0.25) is 19.3 Å². The van der Waals surface area contributed by atoms with Gasteiger partial charge >= 0.3 is 12.1 Å². The summed E-state index contributed by atoms with van der Waals surface area (Å²) in [5.41, 5.74) is 6.99. The second-order valence-corrected chi connectivity index (χ2v) is 26.3. The van der Waals surface area contributed by atoms with Crippen LogP contribution in [-0.4, -0.2) is 140 Å². The van der Waals surface area contributed by atoms with Crippen molar-refractivity contribution >= 4 is 52.0 Å². The number of ether oxygens (including phenoxy) is 5. The number of carbonyl (C=O) groups excluding carboxylic acids is 2. The molecule has 0 aliphatic carbocycles. The first-order valence-electron chi connectivity index (χ1n) is 28.9. The first kappa shape index (κ1) is 67.0. The lowest BCUT2D eigenvalue weighted by atomic mass is 10.1. The molecule has 3 aromatic carbocycles. The molecule has 3 unspecified atom stereocenters. The molecule has 458 valence electrons. The molecule has 0 radical (unpaired) electrons. The molecule has 4 atom stereocenters. The number of hydrogen-bond donors (Lipinski definition) is 1. The number of nitrogens with one attached hydrogen (secondary N) is 1. The van der Waals surface area contributed by atoms with Gasteiger partial charge < -0.3 is 42.7 Å². The highest BCUT2D eigenvalue weighted by Gasteiger charge is 2.27. The molecule has 18 nitrogen and oxygen atoms in total. The Bertz CT molecular complexity index is 3580. The molecule has 0 saturated carbocycles. The Kier molecular flexibility index (Phi) is 25.8. The van der Waals surface area contributed by atoms with Gasteiger partial charge in [-0.2, -0.15) is 0 Å². The average molecular weight is 1240 g/mol. The zero-order valence-electron chi connectivity index (χ0n) is 51.0. The third kappa shape index (κ3) is 22.6. The average Bonchev–Trinajstić information content (AvgIpc) is 3.19. The van der Waals surface area contributed by atoms with Crippen LogP contribution in [0.15, 0.2) is 109 Å². The second-order valence-electron chi connectivity index (χ2n) is 21.7. The van der Waals surface area contributed by atoms with E-state index in [1.807, 2.05) is 87.5 Å². The highest BCUT2D eigenvalue weighted by Crippen LogP contribution is 2.25. The van der Waals surface area contributed by atoms with Crippen molar-refractivity contribution in [2.45, 2.75) is 78.2 Å². The van der Waals surface area contributed by atoms with Crippen molar-refractivity contribution in [3.63, 3.8) is 0 Å². The Balaban J connectivity index is 1.28. The maximum atomic E-state index is 13.8. The Morgan fingerprint density at radius 2 is 1.03 bits per heavy atom. The number of nitrogens with zero attached hydrogens (tertiary/aromatic N) is 6. The van der Waals surface area contributed by atoms with Gasteiger partial charge in [0.2, 0.25) is 8.03 Å². The number of unbranched alkanes of at least 4 members (excludes halogenated alkanes) is 1. The SMILES string of the molecule is CCO[PH](=O)c1cc(C#Cc2ccc(OCC(=O)OC)cc2)cc(CN2CCN(Cc3cc(C#Cc4ccc(OC)cc4)cc([PH](C)=O)n3)CCN(Cc3cc(C#Cc4ccc(OC)cc4)cc([PH](C)=O)n3)C[C@@H]2CCCCNC(=O)OC(C)(C)C)n1. The van der Waals surface area contributed by atoms with Gasteiger partial charge in [-0.1, -0.05) is 41.9 Å². The van der Waals surface area contributed by atoms with Gasteiger partial charge in [0, 0.05) is 98.3 Å². The van der Waals surface area contributed by atoms with Crippen LogP contribution in [0, 0.1) is 35.5 Å². The summed E-state index contributed by atoms with van der Waals surface area (Å²) in [5, 5.41) is 2.92. The minimum atomic E-state index is -2.78. The molecule has 4 heterocycles. The van der Waals surface area contributed by atoms with Gasteiger partial charge in [0.15, 0.2) is 6.61 Å². The van der Waals surface area contributed by atoms with E-state index in [2.05, 4.69) is 55.5 Å². The van der Waals surface area contributed by atoms with E-state index >= 15 is 0 Å². The van der Waals surface area contributed by atoms with Gasteiger partial charge in [0.1, 0.15) is 43.9 Å². The summed E-state index contributed by atoms with van der Waals surface area (Å²) in [6, 6.07) is 33.1. The molecule has 21 heteroatoms. The first-order chi connectivity index (χ1) is 41.8. The second kappa shape index (κ2) is 33.5. The number of esters is 1. The number of amides is 1. The molecule has 1 aliphatic rings. The van der Waals surface area contributed by atoms with Crippen LogP contribution in [0.3, 0.4) is 0 Å². The lowest BCUT2D eigenvalue weighted by Crippen LogP contribution is -2.45. The van der Waals surface area contributed by atoms with Crippen LogP contribution in [0.2, 0.25) is 0 Å². The van der Waals surface area contributed by atoms with Crippen molar-refractivity contribution < 1.29 is 51.5 Å². The molecule has 7 rings (SSSR count). The quantitative estimate of drug-likeness (QED) is 0.0312. The summed E-state index contributed by atoms with van der Waals surface area (Å²) in [7, 11) is -2.71. The van der Waals surface area contributed by atoms with E-state index in [9.17, 15) is 23.3 Å². The number of alkyl carbamates (subject to hydrolysis) is 1. The fraction of sp³-hybridized carbons (Fsp3) is 0.379. The lowest BCUT2D eigenvalue weighted by Gasteiger charge is -2.35. The van der Waals surface area contributed by atoms with E-state index in [1.54, 1.807) is 76.9 Å². The summed E-state index contributed by atoms with van der Waals surface area (Å²) in [5.74, 6) is 21.0. The fourth-order valence-electron chi connectivity index (χ4n) is 9.32. The van der Waals surface area contributed by atoms with Gasteiger partial charge in [-0.25, -0.2) is 24.5 Å². The number of rotatable bonds is 21. The Hall–Kier alpha value is -7.54. The summed E-state index contributed by atoms with van der Waals surface area (Å²) < 4.78 is 72.5. The van der Waals surface area contributed by atoms with E-state index in [0.717, 1.165) is 34.7 Å².